The number of carboxylic acids is 1. The maximum Gasteiger partial charge on any atom is 0.356 e. The second-order valence-electron chi connectivity index (χ2n) is 13.7. The summed E-state index contributed by atoms with van der Waals surface area (Å²) in [5.74, 6) is -2.13. The molecule has 288 valence electrons. The van der Waals surface area contributed by atoms with Crippen molar-refractivity contribution in [1.29, 1.82) is 0 Å². The maximum atomic E-state index is 13.8. The lowest BCUT2D eigenvalue weighted by atomic mass is 9.87. The number of carboxylic acid groups (broad SMARTS) is 1. The standard InChI is InChI=1S/C45H33ClN4O8/c1-22-10-13-26(44(54)55)28(18-22)38-27-14-17-37(52)30(20-47-34-8-4-6-24-11-15-33(23(2)51)49-39(24)34)42(27)58-43-29(38)19-32(46)41(53)31(43)21-48-35-9-5-7-25-12-16-36(45(56)57-3)50-40(25)35/h4-19,47-48,53H,20-21H2,1-3H3,(H,54,55). The number of carbonyl (C=O) groups excluding carboxylic acids is 2. The third kappa shape index (κ3) is 6.69. The lowest BCUT2D eigenvalue weighted by Gasteiger charge is -2.22. The molecule has 3 heterocycles. The van der Waals surface area contributed by atoms with Crippen LogP contribution in [-0.2, 0) is 17.8 Å². The molecule has 0 fully saturated rings. The summed E-state index contributed by atoms with van der Waals surface area (Å²) in [6, 6.07) is 27.1. The minimum absolute atomic E-state index is 0.000456. The molecule has 0 spiro atoms. The van der Waals surface area contributed by atoms with Crippen molar-refractivity contribution in [3.63, 3.8) is 0 Å². The van der Waals surface area contributed by atoms with Gasteiger partial charge in [0.25, 0.3) is 0 Å². The number of aromatic carboxylic acids is 1. The van der Waals surface area contributed by atoms with Crippen molar-refractivity contribution in [2.45, 2.75) is 26.9 Å². The number of ketones is 1. The molecule has 0 bridgehead atoms. The van der Waals surface area contributed by atoms with Gasteiger partial charge in [-0.15, -0.1) is 0 Å². The number of phenols is 1. The number of rotatable bonds is 10. The van der Waals surface area contributed by atoms with Crippen molar-refractivity contribution >= 4 is 73.5 Å². The molecule has 0 unspecified atom stereocenters. The average molecular weight is 793 g/mol. The third-order valence-electron chi connectivity index (χ3n) is 10.0. The first-order valence-corrected chi connectivity index (χ1v) is 18.4. The number of anilines is 2. The Morgan fingerprint density at radius 3 is 2.07 bits per heavy atom. The van der Waals surface area contributed by atoms with Crippen LogP contribution in [0.3, 0.4) is 0 Å². The first kappa shape index (κ1) is 37.6. The van der Waals surface area contributed by atoms with E-state index in [0.717, 1.165) is 16.3 Å². The van der Waals surface area contributed by atoms with Crippen LogP contribution in [0.15, 0.2) is 106 Å². The number of Topliss-reactive ketones (excluding diaryl/α,β-unsaturated/α-hetero) is 1. The summed E-state index contributed by atoms with van der Waals surface area (Å²) in [6.07, 6.45) is 0. The van der Waals surface area contributed by atoms with E-state index in [2.05, 4.69) is 20.6 Å². The number of phenolic OH excluding ortho intramolecular Hbond substituents is 1. The molecule has 8 rings (SSSR count). The highest BCUT2D eigenvalue weighted by Gasteiger charge is 2.28. The molecule has 1 aliphatic carbocycles. The lowest BCUT2D eigenvalue weighted by molar-refractivity contribution is 0.0593. The fraction of sp³-hybridized carbons (Fsp3) is 0.111. The zero-order chi connectivity index (χ0) is 40.8. The summed E-state index contributed by atoms with van der Waals surface area (Å²) in [6.45, 7) is 3.15. The Morgan fingerprint density at radius 2 is 1.43 bits per heavy atom. The van der Waals surface area contributed by atoms with Crippen molar-refractivity contribution in [2.75, 3.05) is 17.7 Å². The Bertz CT molecular complexity index is 3050. The van der Waals surface area contributed by atoms with Crippen molar-refractivity contribution in [2.24, 2.45) is 0 Å². The molecule has 12 nitrogen and oxygen atoms in total. The van der Waals surface area contributed by atoms with E-state index in [1.54, 1.807) is 54.6 Å². The molecule has 6 aromatic rings. The molecule has 1 aliphatic heterocycles. The average Bonchev–Trinajstić information content (AvgIpc) is 3.22. The maximum absolute atomic E-state index is 13.8. The highest BCUT2D eigenvalue weighted by atomic mass is 35.5. The molecule has 2 aliphatic rings. The summed E-state index contributed by atoms with van der Waals surface area (Å²) in [4.78, 5) is 60.2. The molecule has 0 atom stereocenters. The van der Waals surface area contributed by atoms with Gasteiger partial charge in [0.1, 0.15) is 28.5 Å². The van der Waals surface area contributed by atoms with E-state index in [9.17, 15) is 29.4 Å². The number of halogens is 1. The Kier molecular flexibility index (Phi) is 9.71. The summed E-state index contributed by atoms with van der Waals surface area (Å²) in [7, 11) is 1.27. The highest BCUT2D eigenvalue weighted by molar-refractivity contribution is 6.33. The number of aromatic nitrogens is 2. The monoisotopic (exact) mass is 792 g/mol. The Morgan fingerprint density at radius 1 is 0.793 bits per heavy atom. The van der Waals surface area contributed by atoms with Gasteiger partial charge < -0.3 is 30.0 Å². The van der Waals surface area contributed by atoms with E-state index in [1.807, 2.05) is 31.2 Å². The molecule has 4 aromatic carbocycles. The van der Waals surface area contributed by atoms with Crippen LogP contribution in [0.5, 0.6) is 5.75 Å². The number of nitrogens with one attached hydrogen (secondary N) is 2. The van der Waals surface area contributed by atoms with Crippen LogP contribution in [-0.4, -0.2) is 45.0 Å². The van der Waals surface area contributed by atoms with Crippen LogP contribution >= 0.6 is 11.6 Å². The number of carbonyl (C=O) groups is 3. The predicted molar refractivity (Wildman–Crippen MR) is 222 cm³/mol. The van der Waals surface area contributed by atoms with Gasteiger partial charge in [-0.3, -0.25) is 9.59 Å². The number of aromatic hydroxyl groups is 1. The van der Waals surface area contributed by atoms with Crippen molar-refractivity contribution in [3.8, 4) is 28.2 Å². The predicted octanol–water partition coefficient (Wildman–Crippen LogP) is 9.24. The first-order chi connectivity index (χ1) is 27.9. The zero-order valence-corrected chi connectivity index (χ0v) is 32.0. The van der Waals surface area contributed by atoms with Crippen LogP contribution < -0.4 is 16.1 Å². The molecular weight excluding hydrogens is 760 g/mol. The van der Waals surface area contributed by atoms with Gasteiger partial charge in [0.2, 0.25) is 0 Å². The van der Waals surface area contributed by atoms with Crippen LogP contribution in [0, 0.1) is 6.92 Å². The number of ether oxygens (including phenoxy) is 1. The molecule has 13 heteroatoms. The normalized spacial score (nSPS) is 11.3. The second kappa shape index (κ2) is 15.0. The summed E-state index contributed by atoms with van der Waals surface area (Å²) in [5.41, 5.74) is 4.66. The molecular formula is C45H33ClN4O8. The number of fused-ring (bicyclic) bond motifs is 4. The molecule has 58 heavy (non-hydrogen) atoms. The van der Waals surface area contributed by atoms with Gasteiger partial charge in [-0.05, 0) is 61.0 Å². The summed E-state index contributed by atoms with van der Waals surface area (Å²) >= 11 is 6.75. The number of hydrogen-bond acceptors (Lipinski definition) is 11. The van der Waals surface area contributed by atoms with E-state index < -0.39 is 11.9 Å². The van der Waals surface area contributed by atoms with E-state index in [0.29, 0.717) is 44.5 Å². The number of aryl methyl sites for hydroxylation is 1. The van der Waals surface area contributed by atoms with E-state index in [1.165, 1.54) is 32.2 Å². The highest BCUT2D eigenvalue weighted by Crippen LogP contribution is 2.47. The molecule has 2 aromatic heterocycles. The van der Waals surface area contributed by atoms with E-state index in [4.69, 9.17) is 20.8 Å². The first-order valence-electron chi connectivity index (χ1n) is 18.1. The van der Waals surface area contributed by atoms with Gasteiger partial charge in [-0.25, -0.2) is 19.6 Å². The van der Waals surface area contributed by atoms with Gasteiger partial charge in [0.15, 0.2) is 11.2 Å². The molecule has 0 saturated heterocycles. The number of nitrogens with zero attached hydrogens (tertiary/aromatic N) is 2. The number of para-hydroxylation sites is 2. The van der Waals surface area contributed by atoms with Gasteiger partial charge in [-0.1, -0.05) is 65.7 Å². The molecule has 0 amide bonds. The quantitative estimate of drug-likeness (QED) is 0.0586. The largest absolute Gasteiger partial charge is 0.506 e. The number of benzene rings is 5. The zero-order valence-electron chi connectivity index (χ0n) is 31.3. The number of hydrogen-bond donors (Lipinski definition) is 4. The van der Waals surface area contributed by atoms with Crippen LogP contribution in [0.2, 0.25) is 5.02 Å². The Balaban J connectivity index is 1.34. The fourth-order valence-corrected chi connectivity index (χ4v) is 7.40. The SMILES string of the molecule is COC(=O)c1ccc2cccc(NCc3c(O)c(Cl)cc4c(-c5cc(C)ccc5C(=O)O)c5ccc(=O)c(CNc6cccc7ccc(C(C)=O)nc67)c-5oc34)c2n1. The number of esters is 1. The minimum Gasteiger partial charge on any atom is -0.506 e. The van der Waals surface area contributed by atoms with Crippen molar-refractivity contribution in [1.82, 2.24) is 9.97 Å². The number of methoxy groups -OCH3 is 1. The van der Waals surface area contributed by atoms with Crippen LogP contribution in [0.1, 0.15) is 54.9 Å². The Hall–Kier alpha value is -7.31. The van der Waals surface area contributed by atoms with E-state index in [-0.39, 0.29) is 74.5 Å². The van der Waals surface area contributed by atoms with Gasteiger partial charge in [0.05, 0.1) is 51.2 Å². The molecule has 4 N–H and O–H groups in total. The smallest absolute Gasteiger partial charge is 0.356 e. The molecule has 0 saturated carbocycles. The Labute approximate surface area is 335 Å². The van der Waals surface area contributed by atoms with E-state index >= 15 is 0 Å². The summed E-state index contributed by atoms with van der Waals surface area (Å²) in [5, 5.41) is 30.5. The lowest BCUT2D eigenvalue weighted by Crippen LogP contribution is -2.15. The van der Waals surface area contributed by atoms with Crippen molar-refractivity contribution < 1.29 is 33.8 Å². The number of pyridine rings is 2. The topological polar surface area (TPSA) is 181 Å². The third-order valence-corrected chi connectivity index (χ3v) is 10.3. The van der Waals surface area contributed by atoms with Gasteiger partial charge in [0, 0.05) is 47.3 Å². The van der Waals surface area contributed by atoms with Gasteiger partial charge >= 0.3 is 11.9 Å². The van der Waals surface area contributed by atoms with Crippen LogP contribution in [0.25, 0.3) is 55.2 Å². The van der Waals surface area contributed by atoms with Crippen molar-refractivity contribution in [3.05, 3.63) is 146 Å². The summed E-state index contributed by atoms with van der Waals surface area (Å²) < 4.78 is 11.6. The van der Waals surface area contributed by atoms with Gasteiger partial charge in [-0.2, -0.15) is 0 Å². The second-order valence-corrected chi connectivity index (χ2v) is 14.1. The molecule has 0 radical (unpaired) electrons. The minimum atomic E-state index is -1.17. The van der Waals surface area contributed by atoms with Crippen LogP contribution in [0.4, 0.5) is 11.4 Å². The fourth-order valence-electron chi connectivity index (χ4n) is 7.18.